The highest BCUT2D eigenvalue weighted by atomic mass is 16.6. The lowest BCUT2D eigenvalue weighted by Gasteiger charge is -2.17. The standard InChI is InChI=1S/C21H22O5/c1-21(2,3)26-19(23)13-6-15-4-7-16(8-5-15)20(24)17-9-11-18(12-10-17)25-14-22/h4-13,22H,14H2,1-3H3. The predicted octanol–water partition coefficient (Wildman–Crippen LogP) is 3.60. The van der Waals surface area contributed by atoms with Crippen molar-refractivity contribution in [2.45, 2.75) is 26.4 Å². The molecule has 0 saturated carbocycles. The number of aliphatic hydroxyl groups is 1. The summed E-state index contributed by atoms with van der Waals surface area (Å²) in [7, 11) is 0. The fourth-order valence-corrected chi connectivity index (χ4v) is 2.19. The van der Waals surface area contributed by atoms with Crippen LogP contribution in [-0.2, 0) is 9.53 Å². The quantitative estimate of drug-likeness (QED) is 0.371. The molecule has 2 rings (SSSR count). The third-order valence-electron chi connectivity index (χ3n) is 3.34. The lowest BCUT2D eigenvalue weighted by atomic mass is 10.0. The Hall–Kier alpha value is -2.92. The summed E-state index contributed by atoms with van der Waals surface area (Å²) in [5, 5.41) is 8.71. The molecule has 2 aromatic carbocycles. The van der Waals surface area contributed by atoms with Gasteiger partial charge in [-0.05, 0) is 56.7 Å². The normalized spacial score (nSPS) is 11.4. The molecule has 26 heavy (non-hydrogen) atoms. The highest BCUT2D eigenvalue weighted by Crippen LogP contribution is 2.16. The van der Waals surface area contributed by atoms with Gasteiger partial charge in [-0.25, -0.2) is 4.79 Å². The highest BCUT2D eigenvalue weighted by Gasteiger charge is 2.14. The summed E-state index contributed by atoms with van der Waals surface area (Å²) in [6, 6.07) is 13.5. The predicted molar refractivity (Wildman–Crippen MR) is 98.9 cm³/mol. The van der Waals surface area contributed by atoms with Gasteiger partial charge in [-0.15, -0.1) is 0 Å². The van der Waals surface area contributed by atoms with Gasteiger partial charge >= 0.3 is 5.97 Å². The van der Waals surface area contributed by atoms with Gasteiger partial charge in [0.25, 0.3) is 0 Å². The molecular weight excluding hydrogens is 332 g/mol. The van der Waals surface area contributed by atoms with Crippen molar-refractivity contribution in [3.63, 3.8) is 0 Å². The van der Waals surface area contributed by atoms with E-state index in [0.717, 1.165) is 5.56 Å². The minimum Gasteiger partial charge on any atom is -0.468 e. The summed E-state index contributed by atoms with van der Waals surface area (Å²) in [5.41, 5.74) is 1.32. The van der Waals surface area contributed by atoms with Crippen LogP contribution in [0.4, 0.5) is 0 Å². The van der Waals surface area contributed by atoms with Crippen molar-refractivity contribution < 1.29 is 24.2 Å². The van der Waals surface area contributed by atoms with Crippen molar-refractivity contribution >= 4 is 17.8 Å². The van der Waals surface area contributed by atoms with Crippen LogP contribution in [0.2, 0.25) is 0 Å². The molecule has 0 amide bonds. The molecule has 5 heteroatoms. The first kappa shape index (κ1) is 19.4. The van der Waals surface area contributed by atoms with Crippen LogP contribution in [0.3, 0.4) is 0 Å². The second kappa shape index (κ2) is 8.45. The Morgan fingerprint density at radius 2 is 1.50 bits per heavy atom. The number of hydrogen-bond acceptors (Lipinski definition) is 5. The molecule has 1 N–H and O–H groups in total. The molecule has 2 aromatic rings. The molecule has 0 aliphatic rings. The van der Waals surface area contributed by atoms with E-state index in [4.69, 9.17) is 14.6 Å². The molecule has 0 aliphatic heterocycles. The van der Waals surface area contributed by atoms with Gasteiger partial charge in [-0.1, -0.05) is 24.3 Å². The Kier molecular flexibility index (Phi) is 6.31. The molecule has 0 unspecified atom stereocenters. The van der Waals surface area contributed by atoms with Gasteiger partial charge < -0.3 is 14.6 Å². The Labute approximate surface area is 152 Å². The molecule has 0 aliphatic carbocycles. The van der Waals surface area contributed by atoms with Gasteiger partial charge in [0.1, 0.15) is 11.4 Å². The number of carbonyl (C=O) groups is 2. The van der Waals surface area contributed by atoms with Crippen molar-refractivity contribution in [1.29, 1.82) is 0 Å². The zero-order valence-electron chi connectivity index (χ0n) is 15.1. The van der Waals surface area contributed by atoms with E-state index >= 15 is 0 Å². The largest absolute Gasteiger partial charge is 0.468 e. The molecule has 0 fully saturated rings. The number of benzene rings is 2. The third-order valence-corrected chi connectivity index (χ3v) is 3.34. The van der Waals surface area contributed by atoms with Crippen LogP contribution in [0.15, 0.2) is 54.6 Å². The van der Waals surface area contributed by atoms with Crippen molar-refractivity contribution in [2.75, 3.05) is 6.79 Å². The van der Waals surface area contributed by atoms with E-state index in [1.54, 1.807) is 54.6 Å². The van der Waals surface area contributed by atoms with Crippen molar-refractivity contribution in [1.82, 2.24) is 0 Å². The first-order chi connectivity index (χ1) is 12.3. The Bertz CT molecular complexity index is 781. The zero-order chi connectivity index (χ0) is 19.2. The van der Waals surface area contributed by atoms with E-state index in [0.29, 0.717) is 16.9 Å². The van der Waals surface area contributed by atoms with Gasteiger partial charge in [0.15, 0.2) is 12.6 Å². The highest BCUT2D eigenvalue weighted by molar-refractivity contribution is 6.09. The smallest absolute Gasteiger partial charge is 0.331 e. The molecule has 0 aromatic heterocycles. The fourth-order valence-electron chi connectivity index (χ4n) is 2.19. The topological polar surface area (TPSA) is 72.8 Å². The first-order valence-corrected chi connectivity index (χ1v) is 8.18. The van der Waals surface area contributed by atoms with E-state index in [9.17, 15) is 9.59 Å². The maximum atomic E-state index is 12.5. The maximum absolute atomic E-state index is 12.5. The summed E-state index contributed by atoms with van der Waals surface area (Å²) in [4.78, 5) is 24.1. The van der Waals surface area contributed by atoms with Gasteiger partial charge in [0, 0.05) is 17.2 Å². The van der Waals surface area contributed by atoms with Crippen LogP contribution in [0, 0.1) is 0 Å². The van der Waals surface area contributed by atoms with Gasteiger partial charge in [-0.3, -0.25) is 4.79 Å². The van der Waals surface area contributed by atoms with E-state index in [-0.39, 0.29) is 5.78 Å². The van der Waals surface area contributed by atoms with Crippen LogP contribution in [0.1, 0.15) is 42.3 Å². The Morgan fingerprint density at radius 3 is 2.00 bits per heavy atom. The second-order valence-electron chi connectivity index (χ2n) is 6.62. The summed E-state index contributed by atoms with van der Waals surface area (Å²) in [5.74, 6) is -0.0438. The van der Waals surface area contributed by atoms with Crippen LogP contribution in [0.25, 0.3) is 6.08 Å². The van der Waals surface area contributed by atoms with E-state index in [1.807, 2.05) is 20.8 Å². The lowest BCUT2D eigenvalue weighted by molar-refractivity contribution is -0.148. The molecule has 136 valence electrons. The number of carbonyl (C=O) groups excluding carboxylic acids is 2. The number of rotatable bonds is 6. The van der Waals surface area contributed by atoms with Gasteiger partial charge in [0.05, 0.1) is 0 Å². The van der Waals surface area contributed by atoms with Gasteiger partial charge in [-0.2, -0.15) is 0 Å². The van der Waals surface area contributed by atoms with Crippen molar-refractivity contribution in [2.24, 2.45) is 0 Å². The summed E-state index contributed by atoms with van der Waals surface area (Å²) < 4.78 is 10.1. The summed E-state index contributed by atoms with van der Waals surface area (Å²) in [6.45, 7) is 5.01. The fraction of sp³-hybridized carbons (Fsp3) is 0.238. The van der Waals surface area contributed by atoms with E-state index in [2.05, 4.69) is 0 Å². The molecule has 5 nitrogen and oxygen atoms in total. The monoisotopic (exact) mass is 354 g/mol. The average Bonchev–Trinajstić information content (AvgIpc) is 2.59. The third kappa shape index (κ3) is 5.86. The Balaban J connectivity index is 2.04. The van der Waals surface area contributed by atoms with Gasteiger partial charge in [0.2, 0.25) is 0 Å². The number of ether oxygens (including phenoxy) is 2. The Morgan fingerprint density at radius 1 is 0.962 bits per heavy atom. The molecule has 0 spiro atoms. The first-order valence-electron chi connectivity index (χ1n) is 8.18. The maximum Gasteiger partial charge on any atom is 0.331 e. The molecular formula is C21H22O5. The average molecular weight is 354 g/mol. The van der Waals surface area contributed by atoms with Crippen molar-refractivity contribution in [3.05, 3.63) is 71.3 Å². The number of aliphatic hydroxyl groups excluding tert-OH is 1. The SMILES string of the molecule is CC(C)(C)OC(=O)C=Cc1ccc(C(=O)c2ccc(OCO)cc2)cc1. The van der Waals surface area contributed by atoms with Crippen LogP contribution in [0.5, 0.6) is 5.75 Å². The van der Waals surface area contributed by atoms with E-state index < -0.39 is 18.4 Å². The van der Waals surface area contributed by atoms with Crippen LogP contribution in [-0.4, -0.2) is 29.3 Å². The zero-order valence-corrected chi connectivity index (χ0v) is 15.1. The van der Waals surface area contributed by atoms with Crippen molar-refractivity contribution in [3.8, 4) is 5.75 Å². The number of ketones is 1. The summed E-state index contributed by atoms with van der Waals surface area (Å²) in [6.07, 6.45) is 3.01. The molecule has 0 heterocycles. The number of hydrogen-bond donors (Lipinski definition) is 1. The van der Waals surface area contributed by atoms with E-state index in [1.165, 1.54) is 6.08 Å². The molecule has 0 bridgehead atoms. The minimum absolute atomic E-state index is 0.122. The van der Waals surface area contributed by atoms with Crippen LogP contribution < -0.4 is 4.74 Å². The molecule has 0 saturated heterocycles. The van der Waals surface area contributed by atoms with Crippen LogP contribution >= 0.6 is 0 Å². The molecule has 0 radical (unpaired) electrons. The lowest BCUT2D eigenvalue weighted by Crippen LogP contribution is -2.22. The second-order valence-corrected chi connectivity index (χ2v) is 6.62. The minimum atomic E-state index is -0.532. The number of esters is 1. The molecule has 0 atom stereocenters. The summed E-state index contributed by atoms with van der Waals surface area (Å²) >= 11 is 0.